The first-order chi connectivity index (χ1) is 7.98. The van der Waals surface area contributed by atoms with E-state index in [0.29, 0.717) is 18.2 Å². The highest BCUT2D eigenvalue weighted by Crippen LogP contribution is 2.30. The van der Waals surface area contributed by atoms with Gasteiger partial charge in [0.05, 0.1) is 12.7 Å². The van der Waals surface area contributed by atoms with Crippen LogP contribution >= 0.6 is 0 Å². The molecule has 100 valence electrons. The Bertz CT molecular complexity index is 249. The average Bonchev–Trinajstić information content (AvgIpc) is 2.72. The number of hydrogen-bond acceptors (Lipinski definition) is 3. The molecule has 1 heterocycles. The van der Waals surface area contributed by atoms with Gasteiger partial charge in [-0.3, -0.25) is 4.90 Å². The number of ether oxygens (including phenoxy) is 1. The number of rotatable bonds is 3. The van der Waals surface area contributed by atoms with Gasteiger partial charge in [0.2, 0.25) is 0 Å². The van der Waals surface area contributed by atoms with E-state index < -0.39 is 0 Å². The van der Waals surface area contributed by atoms with E-state index in [1.165, 1.54) is 19.3 Å². The summed E-state index contributed by atoms with van der Waals surface area (Å²) in [4.78, 5) is 2.62. The van der Waals surface area contributed by atoms with Gasteiger partial charge in [-0.2, -0.15) is 0 Å². The van der Waals surface area contributed by atoms with Crippen LogP contribution in [0.25, 0.3) is 0 Å². The zero-order valence-electron chi connectivity index (χ0n) is 11.6. The number of fused-ring (bicyclic) bond motifs is 1. The van der Waals surface area contributed by atoms with Gasteiger partial charge in [0.25, 0.3) is 0 Å². The topological polar surface area (TPSA) is 38.5 Å². The fourth-order valence-electron chi connectivity index (χ4n) is 3.02. The van der Waals surface area contributed by atoms with Gasteiger partial charge in [-0.05, 0) is 31.1 Å². The summed E-state index contributed by atoms with van der Waals surface area (Å²) in [5, 5.41) is 0. The molecule has 0 radical (unpaired) electrons. The van der Waals surface area contributed by atoms with Crippen molar-refractivity contribution in [1.29, 1.82) is 0 Å². The zero-order valence-corrected chi connectivity index (χ0v) is 11.6. The van der Waals surface area contributed by atoms with Gasteiger partial charge in [0, 0.05) is 25.2 Å². The Morgan fingerprint density at radius 2 is 2.12 bits per heavy atom. The van der Waals surface area contributed by atoms with Gasteiger partial charge >= 0.3 is 0 Å². The van der Waals surface area contributed by atoms with Crippen LogP contribution in [-0.2, 0) is 4.74 Å². The molecule has 0 aromatic heterocycles. The molecule has 2 fully saturated rings. The van der Waals surface area contributed by atoms with Gasteiger partial charge < -0.3 is 10.5 Å². The fraction of sp³-hybridized carbons (Fsp3) is 1.00. The third-order valence-corrected chi connectivity index (χ3v) is 4.44. The van der Waals surface area contributed by atoms with E-state index >= 15 is 0 Å². The highest BCUT2D eigenvalue weighted by atomic mass is 16.5. The molecule has 2 rings (SSSR count). The standard InChI is InChI=1S/C14H28N2O/c1-14(2,3)13(15)7-8-16-9-10-17-12-6-4-5-11(12)16/h11-13H,4-10,15H2,1-3H3. The minimum absolute atomic E-state index is 0.224. The highest BCUT2D eigenvalue weighted by Gasteiger charge is 2.36. The lowest BCUT2D eigenvalue weighted by molar-refractivity contribution is -0.0568. The smallest absolute Gasteiger partial charge is 0.0730 e. The summed E-state index contributed by atoms with van der Waals surface area (Å²) in [5.74, 6) is 0. The Balaban J connectivity index is 1.82. The number of nitrogens with two attached hydrogens (primary N) is 1. The monoisotopic (exact) mass is 240 g/mol. The van der Waals surface area contributed by atoms with E-state index in [-0.39, 0.29) is 5.41 Å². The van der Waals surface area contributed by atoms with Gasteiger partial charge in [-0.1, -0.05) is 20.8 Å². The molecule has 3 atom stereocenters. The summed E-state index contributed by atoms with van der Waals surface area (Å²) in [5.41, 5.74) is 6.47. The molecule has 0 bridgehead atoms. The highest BCUT2D eigenvalue weighted by molar-refractivity contribution is 4.90. The molecule has 17 heavy (non-hydrogen) atoms. The van der Waals surface area contributed by atoms with Crippen LogP contribution in [-0.4, -0.2) is 42.8 Å². The molecule has 0 spiro atoms. The number of nitrogens with zero attached hydrogens (tertiary/aromatic N) is 1. The van der Waals surface area contributed by atoms with Crippen LogP contribution in [0.15, 0.2) is 0 Å². The van der Waals surface area contributed by atoms with Crippen LogP contribution in [0.2, 0.25) is 0 Å². The van der Waals surface area contributed by atoms with Crippen molar-refractivity contribution in [1.82, 2.24) is 4.90 Å². The molecule has 0 aromatic carbocycles. The molecule has 0 aromatic rings. The maximum absolute atomic E-state index is 6.25. The first-order valence-corrected chi connectivity index (χ1v) is 7.10. The summed E-state index contributed by atoms with van der Waals surface area (Å²) in [6.45, 7) is 9.84. The average molecular weight is 240 g/mol. The zero-order chi connectivity index (χ0) is 12.5. The Hall–Kier alpha value is -0.120. The molecule has 1 saturated heterocycles. The van der Waals surface area contributed by atoms with E-state index in [9.17, 15) is 0 Å². The van der Waals surface area contributed by atoms with Crippen LogP contribution < -0.4 is 5.73 Å². The normalized spacial score (nSPS) is 32.5. The van der Waals surface area contributed by atoms with Crippen LogP contribution in [0, 0.1) is 5.41 Å². The SMILES string of the molecule is CC(C)(C)C(N)CCN1CCOC2CCCC21. The van der Waals surface area contributed by atoms with Crippen molar-refractivity contribution in [3.05, 3.63) is 0 Å². The van der Waals surface area contributed by atoms with Crippen LogP contribution in [0.5, 0.6) is 0 Å². The lowest BCUT2D eigenvalue weighted by atomic mass is 9.85. The molecular weight excluding hydrogens is 212 g/mol. The van der Waals surface area contributed by atoms with Crippen molar-refractivity contribution < 1.29 is 4.74 Å². The van der Waals surface area contributed by atoms with Crippen molar-refractivity contribution in [2.24, 2.45) is 11.1 Å². The molecule has 2 aliphatic rings. The molecular formula is C14H28N2O. The van der Waals surface area contributed by atoms with Crippen LogP contribution in [0.1, 0.15) is 46.5 Å². The second kappa shape index (κ2) is 5.25. The molecule has 3 heteroatoms. The Morgan fingerprint density at radius 1 is 1.35 bits per heavy atom. The Kier molecular flexibility index (Phi) is 4.11. The second-order valence-corrected chi connectivity index (χ2v) is 6.70. The van der Waals surface area contributed by atoms with Crippen molar-refractivity contribution >= 4 is 0 Å². The van der Waals surface area contributed by atoms with E-state index in [0.717, 1.165) is 26.1 Å². The molecule has 1 saturated carbocycles. The maximum atomic E-state index is 6.25. The molecule has 2 N–H and O–H groups in total. The molecule has 3 nitrogen and oxygen atoms in total. The lowest BCUT2D eigenvalue weighted by Gasteiger charge is -2.39. The summed E-state index contributed by atoms with van der Waals surface area (Å²) in [6, 6.07) is 0.973. The molecule has 1 aliphatic heterocycles. The van der Waals surface area contributed by atoms with Crippen molar-refractivity contribution in [2.75, 3.05) is 19.7 Å². The van der Waals surface area contributed by atoms with E-state index in [1.54, 1.807) is 0 Å². The second-order valence-electron chi connectivity index (χ2n) is 6.70. The van der Waals surface area contributed by atoms with E-state index in [1.807, 2.05) is 0 Å². The van der Waals surface area contributed by atoms with Crippen molar-refractivity contribution in [2.45, 2.75) is 64.6 Å². The Labute approximate surface area is 106 Å². The van der Waals surface area contributed by atoms with E-state index in [4.69, 9.17) is 10.5 Å². The fourth-order valence-corrected chi connectivity index (χ4v) is 3.02. The lowest BCUT2D eigenvalue weighted by Crippen LogP contribution is -2.50. The predicted octanol–water partition coefficient (Wildman–Crippen LogP) is 2.00. The summed E-state index contributed by atoms with van der Waals surface area (Å²) in [6.07, 6.45) is 5.51. The minimum Gasteiger partial charge on any atom is -0.375 e. The summed E-state index contributed by atoms with van der Waals surface area (Å²) < 4.78 is 5.83. The van der Waals surface area contributed by atoms with Gasteiger partial charge in [-0.25, -0.2) is 0 Å². The first-order valence-electron chi connectivity index (χ1n) is 7.10. The largest absolute Gasteiger partial charge is 0.375 e. The van der Waals surface area contributed by atoms with Gasteiger partial charge in [-0.15, -0.1) is 0 Å². The molecule has 0 amide bonds. The predicted molar refractivity (Wildman–Crippen MR) is 71.0 cm³/mol. The van der Waals surface area contributed by atoms with Crippen LogP contribution in [0.3, 0.4) is 0 Å². The van der Waals surface area contributed by atoms with Gasteiger partial charge in [0.15, 0.2) is 0 Å². The number of morpholine rings is 1. The Morgan fingerprint density at radius 3 is 2.82 bits per heavy atom. The quantitative estimate of drug-likeness (QED) is 0.820. The van der Waals surface area contributed by atoms with Crippen molar-refractivity contribution in [3.8, 4) is 0 Å². The van der Waals surface area contributed by atoms with Crippen molar-refractivity contribution in [3.63, 3.8) is 0 Å². The number of hydrogen-bond donors (Lipinski definition) is 1. The van der Waals surface area contributed by atoms with Crippen LogP contribution in [0.4, 0.5) is 0 Å². The van der Waals surface area contributed by atoms with Gasteiger partial charge in [0.1, 0.15) is 0 Å². The molecule has 1 aliphatic carbocycles. The summed E-state index contributed by atoms with van der Waals surface area (Å²) in [7, 11) is 0. The summed E-state index contributed by atoms with van der Waals surface area (Å²) >= 11 is 0. The van der Waals surface area contributed by atoms with E-state index in [2.05, 4.69) is 25.7 Å². The third-order valence-electron chi connectivity index (χ3n) is 4.44. The maximum Gasteiger partial charge on any atom is 0.0730 e. The molecule has 3 unspecified atom stereocenters. The minimum atomic E-state index is 0.224. The first kappa shape index (κ1) is 13.3. The third kappa shape index (κ3) is 3.21.